The predicted octanol–water partition coefficient (Wildman–Crippen LogP) is 3.27. The van der Waals surface area contributed by atoms with Crippen molar-refractivity contribution in [2.45, 2.75) is 25.7 Å². The zero-order valence-electron chi connectivity index (χ0n) is 10.4. The van der Waals surface area contributed by atoms with Gasteiger partial charge in [0.15, 0.2) is 11.5 Å². The Morgan fingerprint density at radius 3 is 2.78 bits per heavy atom. The Labute approximate surface area is 112 Å². The van der Waals surface area contributed by atoms with Crippen LogP contribution in [-0.4, -0.2) is 20.0 Å². The van der Waals surface area contributed by atoms with E-state index in [-0.39, 0.29) is 0 Å². The van der Waals surface area contributed by atoms with Crippen LogP contribution in [0.1, 0.15) is 24.8 Å². The number of aldehydes is 1. The highest BCUT2D eigenvalue weighted by atomic mass is 35.5. The zero-order chi connectivity index (χ0) is 13.0. The molecule has 4 heteroatoms. The monoisotopic (exact) mass is 268 g/mol. The average Bonchev–Trinajstić information content (AvgIpc) is 3.19. The maximum atomic E-state index is 10.4. The van der Waals surface area contributed by atoms with Gasteiger partial charge in [0.2, 0.25) is 0 Å². The Morgan fingerprint density at radius 2 is 2.17 bits per heavy atom. The Kier molecular flexibility index (Phi) is 4.48. The molecule has 0 N–H and O–H groups in total. The molecule has 0 heterocycles. The van der Waals surface area contributed by atoms with Gasteiger partial charge in [-0.25, -0.2) is 0 Å². The van der Waals surface area contributed by atoms with Crippen LogP contribution in [0, 0.1) is 5.92 Å². The summed E-state index contributed by atoms with van der Waals surface area (Å²) in [6.45, 7) is 0.723. The van der Waals surface area contributed by atoms with Gasteiger partial charge in [-0.15, -0.1) is 0 Å². The van der Waals surface area contributed by atoms with Gasteiger partial charge in [-0.3, -0.25) is 0 Å². The average molecular weight is 269 g/mol. The maximum absolute atomic E-state index is 10.4. The molecule has 1 aromatic rings. The zero-order valence-corrected chi connectivity index (χ0v) is 11.2. The molecule has 0 spiro atoms. The van der Waals surface area contributed by atoms with Crippen LogP contribution in [0.25, 0.3) is 0 Å². The number of carbonyl (C=O) groups excluding carboxylic acids is 1. The molecule has 0 unspecified atom stereocenters. The second-order valence-corrected chi connectivity index (χ2v) is 4.96. The third-order valence-electron chi connectivity index (χ3n) is 3.04. The SMILES string of the molecule is COc1cc(CCC=O)c(Cl)cc1OCC1CC1. The summed E-state index contributed by atoms with van der Waals surface area (Å²) < 4.78 is 11.0. The van der Waals surface area contributed by atoms with E-state index in [2.05, 4.69) is 0 Å². The third-order valence-corrected chi connectivity index (χ3v) is 3.39. The van der Waals surface area contributed by atoms with Crippen molar-refractivity contribution in [3.63, 3.8) is 0 Å². The summed E-state index contributed by atoms with van der Waals surface area (Å²) in [6.07, 6.45) is 4.47. The van der Waals surface area contributed by atoms with Crippen LogP contribution in [0.3, 0.4) is 0 Å². The second kappa shape index (κ2) is 6.10. The van der Waals surface area contributed by atoms with Crippen molar-refractivity contribution in [3.8, 4) is 11.5 Å². The molecule has 0 bridgehead atoms. The molecule has 0 aromatic heterocycles. The fourth-order valence-electron chi connectivity index (χ4n) is 1.75. The van der Waals surface area contributed by atoms with Crippen LogP contribution in [0.2, 0.25) is 5.02 Å². The Hall–Kier alpha value is -1.22. The number of ether oxygens (including phenoxy) is 2. The van der Waals surface area contributed by atoms with Crippen LogP contribution < -0.4 is 9.47 Å². The molecule has 98 valence electrons. The molecule has 1 fully saturated rings. The first-order valence-corrected chi connectivity index (χ1v) is 6.55. The van der Waals surface area contributed by atoms with E-state index in [0.717, 1.165) is 18.5 Å². The van der Waals surface area contributed by atoms with Gasteiger partial charge in [0.25, 0.3) is 0 Å². The predicted molar refractivity (Wildman–Crippen MR) is 70.6 cm³/mol. The van der Waals surface area contributed by atoms with Crippen molar-refractivity contribution in [2.75, 3.05) is 13.7 Å². The number of benzene rings is 1. The number of hydrogen-bond donors (Lipinski definition) is 0. The number of carbonyl (C=O) groups is 1. The molecule has 18 heavy (non-hydrogen) atoms. The van der Waals surface area contributed by atoms with E-state index in [0.29, 0.717) is 35.3 Å². The summed E-state index contributed by atoms with van der Waals surface area (Å²) in [4.78, 5) is 10.4. The molecule has 1 aliphatic rings. The lowest BCUT2D eigenvalue weighted by atomic mass is 10.1. The van der Waals surface area contributed by atoms with E-state index in [1.54, 1.807) is 13.2 Å². The molecule has 0 atom stereocenters. The molecule has 3 nitrogen and oxygen atoms in total. The minimum Gasteiger partial charge on any atom is -0.493 e. The van der Waals surface area contributed by atoms with E-state index in [4.69, 9.17) is 21.1 Å². The molecule has 0 saturated heterocycles. The lowest BCUT2D eigenvalue weighted by Crippen LogP contribution is -2.02. The summed E-state index contributed by atoms with van der Waals surface area (Å²) in [5.41, 5.74) is 0.916. The van der Waals surface area contributed by atoms with Gasteiger partial charge >= 0.3 is 0 Å². The van der Waals surface area contributed by atoms with Crippen molar-refractivity contribution in [3.05, 3.63) is 22.7 Å². The van der Waals surface area contributed by atoms with Crippen LogP contribution in [0.15, 0.2) is 12.1 Å². The molecular weight excluding hydrogens is 252 g/mol. The number of halogens is 1. The summed E-state index contributed by atoms with van der Waals surface area (Å²) >= 11 is 6.17. The smallest absolute Gasteiger partial charge is 0.162 e. The molecule has 0 radical (unpaired) electrons. The van der Waals surface area contributed by atoms with Gasteiger partial charge in [-0.2, -0.15) is 0 Å². The van der Waals surface area contributed by atoms with Crippen molar-refractivity contribution in [2.24, 2.45) is 5.92 Å². The highest BCUT2D eigenvalue weighted by Crippen LogP contribution is 2.36. The van der Waals surface area contributed by atoms with Crippen LogP contribution in [0.5, 0.6) is 11.5 Å². The lowest BCUT2D eigenvalue weighted by Gasteiger charge is -2.13. The van der Waals surface area contributed by atoms with Gasteiger partial charge in [-0.1, -0.05) is 11.6 Å². The number of hydrogen-bond acceptors (Lipinski definition) is 3. The first kappa shape index (κ1) is 13.2. The van der Waals surface area contributed by atoms with Gasteiger partial charge in [0.05, 0.1) is 13.7 Å². The van der Waals surface area contributed by atoms with Gasteiger partial charge in [-0.05, 0) is 36.8 Å². The number of aryl methyl sites for hydroxylation is 1. The minimum absolute atomic E-state index is 0.463. The largest absolute Gasteiger partial charge is 0.493 e. The summed E-state index contributed by atoms with van der Waals surface area (Å²) in [6, 6.07) is 3.64. The van der Waals surface area contributed by atoms with E-state index in [1.807, 2.05) is 6.07 Å². The summed E-state index contributed by atoms with van der Waals surface area (Å²) in [5, 5.41) is 0.628. The number of rotatable bonds is 7. The van der Waals surface area contributed by atoms with E-state index >= 15 is 0 Å². The fraction of sp³-hybridized carbons (Fsp3) is 0.500. The van der Waals surface area contributed by atoms with Crippen molar-refractivity contribution in [1.82, 2.24) is 0 Å². The standard InChI is InChI=1S/C14H17ClO3/c1-17-13-7-11(3-2-6-16)12(15)8-14(13)18-9-10-4-5-10/h6-8,10H,2-5,9H2,1H3. The fourth-order valence-corrected chi connectivity index (χ4v) is 2.00. The summed E-state index contributed by atoms with van der Waals surface area (Å²) in [7, 11) is 1.61. The van der Waals surface area contributed by atoms with Crippen molar-refractivity contribution < 1.29 is 14.3 Å². The molecule has 0 aliphatic heterocycles. The highest BCUT2D eigenvalue weighted by molar-refractivity contribution is 6.31. The molecule has 2 rings (SSSR count). The van der Waals surface area contributed by atoms with Gasteiger partial charge in [0, 0.05) is 17.5 Å². The van der Waals surface area contributed by atoms with Gasteiger partial charge in [0.1, 0.15) is 6.29 Å². The Balaban J connectivity index is 2.12. The first-order chi connectivity index (χ1) is 8.74. The summed E-state index contributed by atoms with van der Waals surface area (Å²) in [5.74, 6) is 2.05. The minimum atomic E-state index is 0.463. The topological polar surface area (TPSA) is 35.5 Å². The quantitative estimate of drug-likeness (QED) is 0.712. The van der Waals surface area contributed by atoms with Crippen molar-refractivity contribution >= 4 is 17.9 Å². The van der Waals surface area contributed by atoms with E-state index in [9.17, 15) is 4.79 Å². The molecule has 1 saturated carbocycles. The maximum Gasteiger partial charge on any atom is 0.162 e. The van der Waals surface area contributed by atoms with Crippen LogP contribution in [0.4, 0.5) is 0 Å². The number of methoxy groups -OCH3 is 1. The second-order valence-electron chi connectivity index (χ2n) is 4.55. The molecule has 1 aromatic carbocycles. The molecule has 1 aliphatic carbocycles. The van der Waals surface area contributed by atoms with Crippen LogP contribution in [-0.2, 0) is 11.2 Å². The van der Waals surface area contributed by atoms with Crippen LogP contribution >= 0.6 is 11.6 Å². The normalized spacial score (nSPS) is 14.3. The molecular formula is C14H17ClO3. The highest BCUT2D eigenvalue weighted by Gasteiger charge is 2.22. The van der Waals surface area contributed by atoms with E-state index < -0.39 is 0 Å². The third kappa shape index (κ3) is 3.39. The van der Waals surface area contributed by atoms with Gasteiger partial charge < -0.3 is 14.3 Å². The lowest BCUT2D eigenvalue weighted by molar-refractivity contribution is -0.107. The van der Waals surface area contributed by atoms with Crippen molar-refractivity contribution in [1.29, 1.82) is 0 Å². The van der Waals surface area contributed by atoms with E-state index in [1.165, 1.54) is 12.8 Å². The Bertz CT molecular complexity index is 427. The molecule has 0 amide bonds. The Morgan fingerprint density at radius 1 is 1.39 bits per heavy atom. The first-order valence-electron chi connectivity index (χ1n) is 6.17.